The Kier molecular flexibility index (Phi) is 10.3. The van der Waals surface area contributed by atoms with Crippen molar-refractivity contribution in [1.29, 1.82) is 0 Å². The van der Waals surface area contributed by atoms with Gasteiger partial charge >= 0.3 is 0 Å². The number of unbranched alkanes of at least 4 members (excludes halogenated alkanes) is 1. The molecule has 2 aromatic rings. The van der Waals surface area contributed by atoms with Crippen molar-refractivity contribution in [3.63, 3.8) is 0 Å². The zero-order valence-corrected chi connectivity index (χ0v) is 19.5. The third kappa shape index (κ3) is 9.25. The number of nitrogens with zero attached hydrogens (tertiary/aromatic N) is 2. The molecule has 2 N–H and O–H groups in total. The van der Waals surface area contributed by atoms with E-state index < -0.39 is 0 Å². The van der Waals surface area contributed by atoms with E-state index in [1.54, 1.807) is 12.4 Å². The average molecular weight is 435 g/mol. The molecule has 0 aliphatic carbocycles. The number of benzene rings is 2. The molecule has 0 aliphatic heterocycles. The first kappa shape index (κ1) is 25.0. The SMILES string of the molecule is CC(C)c1ccc(/C=N/NC(=O)CCCCC(=O)N/N=C/c2ccc(C(C)C)cc2)cc1. The van der Waals surface area contributed by atoms with Gasteiger partial charge in [0.15, 0.2) is 0 Å². The summed E-state index contributed by atoms with van der Waals surface area (Å²) in [6.07, 6.45) is 5.12. The monoisotopic (exact) mass is 434 g/mol. The summed E-state index contributed by atoms with van der Waals surface area (Å²) in [5.74, 6) is 0.639. The summed E-state index contributed by atoms with van der Waals surface area (Å²) in [7, 11) is 0. The minimum Gasteiger partial charge on any atom is -0.273 e. The lowest BCUT2D eigenvalue weighted by molar-refractivity contribution is -0.123. The molecule has 2 aromatic carbocycles. The highest BCUT2D eigenvalue weighted by Gasteiger charge is 2.03. The van der Waals surface area contributed by atoms with Gasteiger partial charge in [-0.2, -0.15) is 10.2 Å². The Morgan fingerprint density at radius 1 is 0.688 bits per heavy atom. The second-order valence-electron chi connectivity index (χ2n) is 8.44. The second kappa shape index (κ2) is 13.2. The van der Waals surface area contributed by atoms with Gasteiger partial charge in [0.25, 0.3) is 0 Å². The summed E-state index contributed by atoms with van der Waals surface area (Å²) < 4.78 is 0. The Labute approximate surface area is 191 Å². The molecule has 0 aliphatic rings. The Morgan fingerprint density at radius 3 is 1.34 bits per heavy atom. The highest BCUT2D eigenvalue weighted by Crippen LogP contribution is 2.14. The van der Waals surface area contributed by atoms with Gasteiger partial charge in [-0.1, -0.05) is 76.2 Å². The van der Waals surface area contributed by atoms with E-state index in [9.17, 15) is 9.59 Å². The van der Waals surface area contributed by atoms with E-state index in [4.69, 9.17) is 0 Å². The summed E-state index contributed by atoms with van der Waals surface area (Å²) in [5, 5.41) is 7.98. The van der Waals surface area contributed by atoms with Gasteiger partial charge in [-0.15, -0.1) is 0 Å². The fourth-order valence-electron chi connectivity index (χ4n) is 2.97. The van der Waals surface area contributed by atoms with Crippen LogP contribution in [0.3, 0.4) is 0 Å². The van der Waals surface area contributed by atoms with Gasteiger partial charge in [-0.25, -0.2) is 10.9 Å². The van der Waals surface area contributed by atoms with Gasteiger partial charge in [-0.05, 0) is 46.9 Å². The van der Waals surface area contributed by atoms with Crippen molar-refractivity contribution in [3.05, 3.63) is 70.8 Å². The second-order valence-corrected chi connectivity index (χ2v) is 8.44. The minimum absolute atomic E-state index is 0.164. The number of nitrogens with one attached hydrogen (secondary N) is 2. The molecule has 0 radical (unpaired) electrons. The molecule has 2 rings (SSSR count). The zero-order chi connectivity index (χ0) is 23.3. The lowest BCUT2D eigenvalue weighted by atomic mass is 10.0. The molecule has 0 aromatic heterocycles. The molecule has 32 heavy (non-hydrogen) atoms. The van der Waals surface area contributed by atoms with Crippen LogP contribution in [-0.4, -0.2) is 24.2 Å². The van der Waals surface area contributed by atoms with Crippen LogP contribution in [0.2, 0.25) is 0 Å². The molecule has 0 atom stereocenters. The number of hydrogen-bond acceptors (Lipinski definition) is 4. The van der Waals surface area contributed by atoms with Crippen LogP contribution in [-0.2, 0) is 9.59 Å². The topological polar surface area (TPSA) is 82.9 Å². The maximum Gasteiger partial charge on any atom is 0.240 e. The first-order valence-corrected chi connectivity index (χ1v) is 11.2. The summed E-state index contributed by atoms with van der Waals surface area (Å²) in [6, 6.07) is 16.2. The van der Waals surface area contributed by atoms with Crippen molar-refractivity contribution in [1.82, 2.24) is 10.9 Å². The molecule has 0 saturated carbocycles. The van der Waals surface area contributed by atoms with Crippen LogP contribution >= 0.6 is 0 Å². The van der Waals surface area contributed by atoms with Crippen molar-refractivity contribution in [2.24, 2.45) is 10.2 Å². The normalized spacial score (nSPS) is 11.6. The van der Waals surface area contributed by atoms with E-state index in [1.807, 2.05) is 24.3 Å². The van der Waals surface area contributed by atoms with Gasteiger partial charge in [0, 0.05) is 12.8 Å². The summed E-state index contributed by atoms with van der Waals surface area (Å²) in [6.45, 7) is 8.58. The number of carbonyl (C=O) groups excluding carboxylic acids is 2. The van der Waals surface area contributed by atoms with Crippen molar-refractivity contribution in [2.45, 2.75) is 65.2 Å². The van der Waals surface area contributed by atoms with Gasteiger partial charge in [0.1, 0.15) is 0 Å². The third-order valence-electron chi connectivity index (χ3n) is 5.07. The smallest absolute Gasteiger partial charge is 0.240 e. The Balaban J connectivity index is 1.59. The Hall–Kier alpha value is -3.28. The summed E-state index contributed by atoms with van der Waals surface area (Å²) in [4.78, 5) is 23.7. The van der Waals surface area contributed by atoms with Crippen molar-refractivity contribution < 1.29 is 9.59 Å². The first-order valence-electron chi connectivity index (χ1n) is 11.2. The van der Waals surface area contributed by atoms with Crippen LogP contribution < -0.4 is 10.9 Å². The van der Waals surface area contributed by atoms with Crippen molar-refractivity contribution in [2.75, 3.05) is 0 Å². The molecule has 6 nitrogen and oxygen atoms in total. The Bertz CT molecular complexity index is 836. The highest BCUT2D eigenvalue weighted by atomic mass is 16.2. The van der Waals surface area contributed by atoms with E-state index in [0.717, 1.165) is 11.1 Å². The predicted molar refractivity (Wildman–Crippen MR) is 131 cm³/mol. The minimum atomic E-state index is -0.164. The Morgan fingerprint density at radius 2 is 1.03 bits per heavy atom. The first-order chi connectivity index (χ1) is 15.3. The fraction of sp³-hybridized carbons (Fsp3) is 0.385. The van der Waals surface area contributed by atoms with E-state index in [2.05, 4.69) is 73.0 Å². The summed E-state index contributed by atoms with van der Waals surface area (Å²) in [5.41, 5.74) is 9.45. The van der Waals surface area contributed by atoms with E-state index in [0.29, 0.717) is 37.5 Å². The zero-order valence-electron chi connectivity index (χ0n) is 19.5. The molecule has 0 saturated heterocycles. The molecule has 0 bridgehead atoms. The molecule has 0 spiro atoms. The standard InChI is InChI=1S/C26H34N4O2/c1-19(2)23-13-9-21(10-14-23)17-27-29-25(31)7-5-6-8-26(32)30-28-18-22-11-15-24(16-12-22)20(3)4/h9-20H,5-8H2,1-4H3,(H,29,31)(H,30,32)/b27-17+,28-18+. The number of carbonyl (C=O) groups is 2. The quantitative estimate of drug-likeness (QED) is 0.293. The molecular weight excluding hydrogens is 400 g/mol. The highest BCUT2D eigenvalue weighted by molar-refractivity contribution is 5.83. The van der Waals surface area contributed by atoms with Gasteiger partial charge in [0.2, 0.25) is 11.8 Å². The van der Waals surface area contributed by atoms with Gasteiger partial charge in [0.05, 0.1) is 12.4 Å². The van der Waals surface area contributed by atoms with Crippen LogP contribution in [0, 0.1) is 0 Å². The lowest BCUT2D eigenvalue weighted by Gasteiger charge is -2.04. The van der Waals surface area contributed by atoms with Crippen molar-refractivity contribution in [3.8, 4) is 0 Å². The van der Waals surface area contributed by atoms with Crippen molar-refractivity contribution >= 4 is 24.2 Å². The third-order valence-corrected chi connectivity index (χ3v) is 5.07. The van der Waals surface area contributed by atoms with Crippen LogP contribution in [0.4, 0.5) is 0 Å². The number of hydrogen-bond donors (Lipinski definition) is 2. The molecule has 170 valence electrons. The van der Waals surface area contributed by atoms with E-state index >= 15 is 0 Å². The number of rotatable bonds is 11. The molecule has 6 heteroatoms. The molecular formula is C26H34N4O2. The number of amides is 2. The molecule has 0 unspecified atom stereocenters. The maximum atomic E-state index is 11.9. The van der Waals surface area contributed by atoms with E-state index in [-0.39, 0.29) is 11.8 Å². The molecule has 2 amide bonds. The van der Waals surface area contributed by atoms with Gasteiger partial charge < -0.3 is 0 Å². The van der Waals surface area contributed by atoms with Crippen LogP contribution in [0.5, 0.6) is 0 Å². The maximum absolute atomic E-state index is 11.9. The largest absolute Gasteiger partial charge is 0.273 e. The fourth-order valence-corrected chi connectivity index (χ4v) is 2.97. The van der Waals surface area contributed by atoms with E-state index in [1.165, 1.54) is 11.1 Å². The molecule has 0 heterocycles. The molecule has 0 fully saturated rings. The summed E-state index contributed by atoms with van der Waals surface area (Å²) >= 11 is 0. The number of hydrazone groups is 2. The lowest BCUT2D eigenvalue weighted by Crippen LogP contribution is -2.19. The van der Waals surface area contributed by atoms with Crippen LogP contribution in [0.25, 0.3) is 0 Å². The van der Waals surface area contributed by atoms with Crippen LogP contribution in [0.15, 0.2) is 58.7 Å². The average Bonchev–Trinajstić information content (AvgIpc) is 2.77. The van der Waals surface area contributed by atoms with Gasteiger partial charge in [-0.3, -0.25) is 9.59 Å². The van der Waals surface area contributed by atoms with Crippen LogP contribution in [0.1, 0.15) is 87.5 Å². The predicted octanol–water partition coefficient (Wildman–Crippen LogP) is 5.09.